The van der Waals surface area contributed by atoms with Crippen LogP contribution in [0.5, 0.6) is 0 Å². The van der Waals surface area contributed by atoms with Crippen LogP contribution in [-0.2, 0) is 0 Å². The third-order valence-corrected chi connectivity index (χ3v) is 3.85. The van der Waals surface area contributed by atoms with Crippen molar-refractivity contribution in [3.63, 3.8) is 0 Å². The van der Waals surface area contributed by atoms with E-state index in [1.807, 2.05) is 73.4 Å². The molecule has 3 nitrogen and oxygen atoms in total. The molecule has 27 heavy (non-hydrogen) atoms. The van der Waals surface area contributed by atoms with Crippen LogP contribution in [0.1, 0.15) is 0 Å². The molecule has 0 bridgehead atoms. The van der Waals surface area contributed by atoms with Gasteiger partial charge >= 0.3 is 0 Å². The Labute approximate surface area is 159 Å². The molecule has 0 unspecified atom stereocenters. The minimum absolute atomic E-state index is 1.21. The SMILES string of the molecule is C1=CC=CNC=C1.C1=CC=CNC=C1.c1ccc2c(c1)[nH]c1ccccc12. The average Bonchev–Trinajstić information content (AvgIpc) is 3.00. The topological polar surface area (TPSA) is 39.8 Å². The van der Waals surface area contributed by atoms with Crippen LogP contribution in [0.25, 0.3) is 21.8 Å². The van der Waals surface area contributed by atoms with E-state index in [2.05, 4.69) is 64.1 Å². The number of H-pyrrole nitrogens is 1. The van der Waals surface area contributed by atoms with Gasteiger partial charge in [0.2, 0.25) is 0 Å². The molecular weight excluding hydrogens is 330 g/mol. The second kappa shape index (κ2) is 10.3. The molecule has 3 heteroatoms. The quantitative estimate of drug-likeness (QED) is 0.487. The Bertz CT molecular complexity index is 920. The van der Waals surface area contributed by atoms with Gasteiger partial charge in [0.05, 0.1) is 0 Å². The zero-order valence-corrected chi connectivity index (χ0v) is 15.0. The van der Waals surface area contributed by atoms with E-state index < -0.39 is 0 Å². The molecule has 3 heterocycles. The molecule has 0 aliphatic carbocycles. The Morgan fingerprint density at radius 3 is 1.19 bits per heavy atom. The molecule has 134 valence electrons. The van der Waals surface area contributed by atoms with E-state index in [1.54, 1.807) is 0 Å². The van der Waals surface area contributed by atoms with Gasteiger partial charge in [-0.3, -0.25) is 0 Å². The first-order valence-electron chi connectivity index (χ1n) is 8.89. The number of rotatable bonds is 0. The second-order valence-corrected chi connectivity index (χ2v) is 5.76. The summed E-state index contributed by atoms with van der Waals surface area (Å²) in [4.78, 5) is 3.38. The van der Waals surface area contributed by atoms with Crippen molar-refractivity contribution in [3.05, 3.63) is 122 Å². The monoisotopic (exact) mass is 353 g/mol. The van der Waals surface area contributed by atoms with Crippen LogP contribution in [0, 0.1) is 0 Å². The average molecular weight is 353 g/mol. The van der Waals surface area contributed by atoms with E-state index in [1.165, 1.54) is 21.8 Å². The van der Waals surface area contributed by atoms with Crippen molar-refractivity contribution in [3.8, 4) is 0 Å². The highest BCUT2D eigenvalue weighted by molar-refractivity contribution is 6.06. The number of hydrogen-bond donors (Lipinski definition) is 3. The normalized spacial score (nSPS) is 13.6. The van der Waals surface area contributed by atoms with Gasteiger partial charge in [0.25, 0.3) is 0 Å². The number of nitrogens with one attached hydrogen (secondary N) is 3. The van der Waals surface area contributed by atoms with Crippen molar-refractivity contribution in [2.75, 3.05) is 0 Å². The molecule has 0 spiro atoms. The van der Waals surface area contributed by atoms with E-state index in [0.29, 0.717) is 0 Å². The lowest BCUT2D eigenvalue weighted by Gasteiger charge is -1.87. The lowest BCUT2D eigenvalue weighted by atomic mass is 10.2. The van der Waals surface area contributed by atoms with Crippen molar-refractivity contribution >= 4 is 21.8 Å². The lowest BCUT2D eigenvalue weighted by molar-refractivity contribution is 1.20. The van der Waals surface area contributed by atoms with Crippen molar-refractivity contribution < 1.29 is 0 Å². The first kappa shape index (κ1) is 18.1. The minimum atomic E-state index is 1.21. The number of aromatic nitrogens is 1. The van der Waals surface area contributed by atoms with Crippen LogP contribution >= 0.6 is 0 Å². The first-order valence-corrected chi connectivity index (χ1v) is 8.89. The van der Waals surface area contributed by atoms with E-state index in [-0.39, 0.29) is 0 Å². The fourth-order valence-corrected chi connectivity index (χ4v) is 2.61. The lowest BCUT2D eigenvalue weighted by Crippen LogP contribution is -1.87. The molecule has 0 radical (unpaired) electrons. The molecule has 2 aliphatic heterocycles. The van der Waals surface area contributed by atoms with Crippen LogP contribution < -0.4 is 10.6 Å². The van der Waals surface area contributed by atoms with Gasteiger partial charge in [0, 0.05) is 46.6 Å². The number of aromatic amines is 1. The predicted octanol–water partition coefficient (Wildman–Crippen LogP) is 5.67. The summed E-state index contributed by atoms with van der Waals surface area (Å²) in [5.74, 6) is 0. The third-order valence-electron chi connectivity index (χ3n) is 3.85. The summed E-state index contributed by atoms with van der Waals surface area (Å²) in [5.41, 5.74) is 2.42. The molecule has 1 aromatic heterocycles. The zero-order valence-electron chi connectivity index (χ0n) is 15.0. The van der Waals surface area contributed by atoms with E-state index in [9.17, 15) is 0 Å². The number of hydrogen-bond acceptors (Lipinski definition) is 2. The highest BCUT2D eigenvalue weighted by atomic mass is 14.8. The Hall–Kier alpha value is -3.72. The van der Waals surface area contributed by atoms with Gasteiger partial charge < -0.3 is 15.6 Å². The maximum absolute atomic E-state index is 3.38. The summed E-state index contributed by atoms with van der Waals surface area (Å²) < 4.78 is 0. The molecule has 0 atom stereocenters. The highest BCUT2D eigenvalue weighted by Crippen LogP contribution is 2.24. The molecule has 0 saturated heterocycles. The van der Waals surface area contributed by atoms with Crippen molar-refractivity contribution in [1.82, 2.24) is 15.6 Å². The fraction of sp³-hybridized carbons (Fsp3) is 0. The van der Waals surface area contributed by atoms with E-state index in [4.69, 9.17) is 0 Å². The summed E-state index contributed by atoms with van der Waals surface area (Å²) in [6, 6.07) is 16.8. The molecule has 2 aromatic carbocycles. The van der Waals surface area contributed by atoms with Crippen LogP contribution in [0.2, 0.25) is 0 Å². The molecular formula is C24H23N3. The van der Waals surface area contributed by atoms with Crippen molar-refractivity contribution in [1.29, 1.82) is 0 Å². The van der Waals surface area contributed by atoms with Gasteiger partial charge in [0.15, 0.2) is 0 Å². The maximum Gasteiger partial charge on any atom is 0.0464 e. The molecule has 5 rings (SSSR count). The Morgan fingerprint density at radius 1 is 0.407 bits per heavy atom. The Balaban J connectivity index is 0.000000128. The Kier molecular flexibility index (Phi) is 6.91. The number of benzene rings is 2. The van der Waals surface area contributed by atoms with Gasteiger partial charge in [-0.1, -0.05) is 60.7 Å². The van der Waals surface area contributed by atoms with Crippen LogP contribution in [0.15, 0.2) is 122 Å². The van der Waals surface area contributed by atoms with Crippen LogP contribution in [0.3, 0.4) is 0 Å². The summed E-state index contributed by atoms with van der Waals surface area (Å²) in [5, 5.41) is 8.45. The molecule has 0 fully saturated rings. The van der Waals surface area contributed by atoms with Gasteiger partial charge in [-0.15, -0.1) is 0 Å². The molecule has 0 saturated carbocycles. The van der Waals surface area contributed by atoms with E-state index >= 15 is 0 Å². The molecule has 0 amide bonds. The smallest absolute Gasteiger partial charge is 0.0464 e. The molecule has 2 aliphatic rings. The summed E-state index contributed by atoms with van der Waals surface area (Å²) in [6.45, 7) is 0. The first-order chi connectivity index (χ1) is 13.4. The van der Waals surface area contributed by atoms with Gasteiger partial charge in [-0.05, 0) is 36.4 Å². The maximum atomic E-state index is 3.38. The standard InChI is InChI=1S/C12H9N.2C6H7N/c1-3-7-11-9(5-1)10-6-2-4-8-12(10)13-11;2*1-2-4-6-7-5-3-1/h1-8,13H;2*1-7H. The number of para-hydroxylation sites is 2. The predicted molar refractivity (Wildman–Crippen MR) is 117 cm³/mol. The third kappa shape index (κ3) is 5.65. The van der Waals surface area contributed by atoms with Gasteiger partial charge in [-0.25, -0.2) is 0 Å². The highest BCUT2D eigenvalue weighted by Gasteiger charge is 2.00. The summed E-state index contributed by atoms with van der Waals surface area (Å²) in [6.07, 6.45) is 23.2. The largest absolute Gasteiger partial charge is 0.368 e. The fourth-order valence-electron chi connectivity index (χ4n) is 2.61. The number of fused-ring (bicyclic) bond motifs is 3. The Morgan fingerprint density at radius 2 is 0.778 bits per heavy atom. The number of allylic oxidation sites excluding steroid dienone is 8. The van der Waals surface area contributed by atoms with Crippen LogP contribution in [-0.4, -0.2) is 4.98 Å². The van der Waals surface area contributed by atoms with Crippen molar-refractivity contribution in [2.45, 2.75) is 0 Å². The van der Waals surface area contributed by atoms with Crippen molar-refractivity contribution in [2.24, 2.45) is 0 Å². The summed E-state index contributed by atoms with van der Waals surface area (Å²) >= 11 is 0. The summed E-state index contributed by atoms with van der Waals surface area (Å²) in [7, 11) is 0. The van der Waals surface area contributed by atoms with Gasteiger partial charge in [0.1, 0.15) is 0 Å². The zero-order chi connectivity index (χ0) is 18.6. The van der Waals surface area contributed by atoms with Crippen LogP contribution in [0.4, 0.5) is 0 Å². The molecule has 3 aromatic rings. The van der Waals surface area contributed by atoms with E-state index in [0.717, 1.165) is 0 Å². The minimum Gasteiger partial charge on any atom is -0.368 e. The van der Waals surface area contributed by atoms with Gasteiger partial charge in [-0.2, -0.15) is 0 Å². The second-order valence-electron chi connectivity index (χ2n) is 5.76. The molecule has 3 N–H and O–H groups in total.